The molecule has 0 saturated heterocycles. The van der Waals surface area contributed by atoms with Gasteiger partial charge in [0.25, 0.3) is 0 Å². The number of hydrogen-bond acceptors (Lipinski definition) is 2. The first-order valence-corrected chi connectivity index (χ1v) is 8.29. The lowest BCUT2D eigenvalue weighted by Gasteiger charge is -2.13. The molecule has 0 aliphatic heterocycles. The number of ether oxygens (including phenoxy) is 1. The molecular formula is C20H16BrNO2. The van der Waals surface area contributed by atoms with Crippen LogP contribution in [0, 0.1) is 0 Å². The van der Waals surface area contributed by atoms with Crippen molar-refractivity contribution >= 4 is 21.8 Å². The van der Waals surface area contributed by atoms with Crippen LogP contribution in [0.15, 0.2) is 77.3 Å². The van der Waals surface area contributed by atoms with E-state index in [-0.39, 0.29) is 0 Å². The molecule has 0 aliphatic carbocycles. The van der Waals surface area contributed by atoms with Crippen LogP contribution in [0.25, 0.3) is 11.1 Å². The summed E-state index contributed by atoms with van der Waals surface area (Å²) in [6.45, 7) is 0.477. The summed E-state index contributed by atoms with van der Waals surface area (Å²) in [5.74, 6) is 0.308. The number of halogens is 1. The minimum atomic E-state index is -0.446. The number of primary amides is 1. The standard InChI is InChI=1S/C20H16BrNO2/c21-17-9-10-19(24-13-14-5-2-1-3-6-14)18(12-17)15-7-4-8-16(11-15)20(22)23/h1-12H,13H2,(H2,22,23). The summed E-state index contributed by atoms with van der Waals surface area (Å²) in [6.07, 6.45) is 0. The largest absolute Gasteiger partial charge is 0.488 e. The van der Waals surface area contributed by atoms with Crippen LogP contribution in [-0.4, -0.2) is 5.91 Å². The predicted molar refractivity (Wildman–Crippen MR) is 98.9 cm³/mol. The van der Waals surface area contributed by atoms with Gasteiger partial charge in [-0.25, -0.2) is 0 Å². The average Bonchev–Trinajstić information content (AvgIpc) is 2.61. The van der Waals surface area contributed by atoms with E-state index in [0.29, 0.717) is 12.2 Å². The molecule has 0 unspecified atom stereocenters. The van der Waals surface area contributed by atoms with Crippen LogP contribution in [0.1, 0.15) is 15.9 Å². The molecule has 3 rings (SSSR count). The van der Waals surface area contributed by atoms with Crippen molar-refractivity contribution in [2.24, 2.45) is 5.73 Å². The second-order valence-electron chi connectivity index (χ2n) is 5.36. The van der Waals surface area contributed by atoms with E-state index in [1.807, 2.05) is 60.7 Å². The van der Waals surface area contributed by atoms with Gasteiger partial charge >= 0.3 is 0 Å². The van der Waals surface area contributed by atoms with Gasteiger partial charge in [-0.15, -0.1) is 0 Å². The maximum absolute atomic E-state index is 11.4. The molecule has 0 atom stereocenters. The van der Waals surface area contributed by atoms with Crippen LogP contribution >= 0.6 is 15.9 Å². The van der Waals surface area contributed by atoms with E-state index in [0.717, 1.165) is 26.9 Å². The summed E-state index contributed by atoms with van der Waals surface area (Å²) in [5.41, 5.74) is 8.74. The Bertz CT molecular complexity index is 863. The molecule has 3 aromatic rings. The second-order valence-corrected chi connectivity index (χ2v) is 6.28. The minimum Gasteiger partial charge on any atom is -0.488 e. The first kappa shape index (κ1) is 16.3. The van der Waals surface area contributed by atoms with Crippen LogP contribution in [-0.2, 0) is 6.61 Å². The third kappa shape index (κ3) is 3.84. The molecule has 120 valence electrons. The highest BCUT2D eigenvalue weighted by atomic mass is 79.9. The van der Waals surface area contributed by atoms with Crippen molar-refractivity contribution in [3.05, 3.63) is 88.4 Å². The monoisotopic (exact) mass is 381 g/mol. The summed E-state index contributed by atoms with van der Waals surface area (Å²) in [6, 6.07) is 23.0. The molecule has 24 heavy (non-hydrogen) atoms. The predicted octanol–water partition coefficient (Wildman–Crippen LogP) is 4.79. The zero-order chi connectivity index (χ0) is 16.9. The number of benzene rings is 3. The molecule has 0 bridgehead atoms. The Balaban J connectivity index is 1.94. The zero-order valence-electron chi connectivity index (χ0n) is 12.9. The average molecular weight is 382 g/mol. The quantitative estimate of drug-likeness (QED) is 0.690. The van der Waals surface area contributed by atoms with Crippen molar-refractivity contribution in [2.75, 3.05) is 0 Å². The molecule has 0 saturated carbocycles. The maximum atomic E-state index is 11.4. The molecule has 0 aliphatic rings. The number of carbonyl (C=O) groups excluding carboxylic acids is 1. The lowest BCUT2D eigenvalue weighted by Crippen LogP contribution is -2.10. The van der Waals surface area contributed by atoms with Crippen LogP contribution in [0.5, 0.6) is 5.75 Å². The van der Waals surface area contributed by atoms with E-state index >= 15 is 0 Å². The van der Waals surface area contributed by atoms with Crippen molar-refractivity contribution in [3.8, 4) is 16.9 Å². The van der Waals surface area contributed by atoms with Gasteiger partial charge in [0.05, 0.1) is 0 Å². The van der Waals surface area contributed by atoms with Crippen molar-refractivity contribution in [3.63, 3.8) is 0 Å². The van der Waals surface area contributed by atoms with E-state index in [1.165, 1.54) is 0 Å². The van der Waals surface area contributed by atoms with Crippen LogP contribution in [0.2, 0.25) is 0 Å². The summed E-state index contributed by atoms with van der Waals surface area (Å²) in [7, 11) is 0. The van der Waals surface area contributed by atoms with Crippen molar-refractivity contribution < 1.29 is 9.53 Å². The smallest absolute Gasteiger partial charge is 0.248 e. The zero-order valence-corrected chi connectivity index (χ0v) is 14.5. The molecule has 0 aromatic heterocycles. The van der Waals surface area contributed by atoms with Gasteiger partial charge in [-0.3, -0.25) is 4.79 Å². The Kier molecular flexibility index (Phi) is 4.96. The Hall–Kier alpha value is -2.59. The molecule has 3 nitrogen and oxygen atoms in total. The van der Waals surface area contributed by atoms with E-state index in [1.54, 1.807) is 12.1 Å². The van der Waals surface area contributed by atoms with Gasteiger partial charge in [0.15, 0.2) is 0 Å². The third-order valence-electron chi connectivity index (χ3n) is 3.64. The fourth-order valence-electron chi connectivity index (χ4n) is 2.43. The van der Waals surface area contributed by atoms with Crippen LogP contribution in [0.4, 0.5) is 0 Å². The SMILES string of the molecule is NC(=O)c1cccc(-c2cc(Br)ccc2OCc2ccccc2)c1. The highest BCUT2D eigenvalue weighted by Gasteiger charge is 2.10. The number of hydrogen-bond donors (Lipinski definition) is 1. The Morgan fingerprint density at radius 3 is 2.50 bits per heavy atom. The fraction of sp³-hybridized carbons (Fsp3) is 0.0500. The number of carbonyl (C=O) groups is 1. The van der Waals surface area contributed by atoms with E-state index in [2.05, 4.69) is 15.9 Å². The molecule has 0 fully saturated rings. The Morgan fingerprint density at radius 2 is 1.75 bits per heavy atom. The highest BCUT2D eigenvalue weighted by Crippen LogP contribution is 2.33. The lowest BCUT2D eigenvalue weighted by atomic mass is 10.0. The van der Waals surface area contributed by atoms with E-state index in [9.17, 15) is 4.79 Å². The Morgan fingerprint density at radius 1 is 0.958 bits per heavy atom. The molecule has 2 N–H and O–H groups in total. The second kappa shape index (κ2) is 7.32. The van der Waals surface area contributed by atoms with Gasteiger partial charge in [-0.05, 0) is 41.5 Å². The number of amides is 1. The summed E-state index contributed by atoms with van der Waals surface area (Å²) < 4.78 is 6.93. The molecule has 0 heterocycles. The van der Waals surface area contributed by atoms with E-state index in [4.69, 9.17) is 10.5 Å². The van der Waals surface area contributed by atoms with E-state index < -0.39 is 5.91 Å². The highest BCUT2D eigenvalue weighted by molar-refractivity contribution is 9.10. The number of nitrogens with two attached hydrogens (primary N) is 1. The molecule has 0 spiro atoms. The third-order valence-corrected chi connectivity index (χ3v) is 4.13. The van der Waals surface area contributed by atoms with Gasteiger partial charge in [-0.2, -0.15) is 0 Å². The van der Waals surface area contributed by atoms with Crippen LogP contribution in [0.3, 0.4) is 0 Å². The number of rotatable bonds is 5. The minimum absolute atomic E-state index is 0.446. The normalized spacial score (nSPS) is 10.4. The maximum Gasteiger partial charge on any atom is 0.248 e. The topological polar surface area (TPSA) is 52.3 Å². The molecule has 0 radical (unpaired) electrons. The van der Waals surface area contributed by atoms with Gasteiger partial charge in [0.2, 0.25) is 5.91 Å². The van der Waals surface area contributed by atoms with Gasteiger partial charge in [0, 0.05) is 15.6 Å². The molecule has 1 amide bonds. The first-order valence-electron chi connectivity index (χ1n) is 7.50. The van der Waals surface area contributed by atoms with Crippen molar-refractivity contribution in [1.82, 2.24) is 0 Å². The lowest BCUT2D eigenvalue weighted by molar-refractivity contribution is 0.100. The molecule has 3 aromatic carbocycles. The Labute approximate surface area is 149 Å². The summed E-state index contributed by atoms with van der Waals surface area (Å²) >= 11 is 3.49. The molecular weight excluding hydrogens is 366 g/mol. The van der Waals surface area contributed by atoms with Gasteiger partial charge in [0.1, 0.15) is 12.4 Å². The summed E-state index contributed by atoms with van der Waals surface area (Å²) in [4.78, 5) is 11.4. The molecule has 4 heteroatoms. The fourth-order valence-corrected chi connectivity index (χ4v) is 2.79. The van der Waals surface area contributed by atoms with Crippen molar-refractivity contribution in [2.45, 2.75) is 6.61 Å². The van der Waals surface area contributed by atoms with Crippen LogP contribution < -0.4 is 10.5 Å². The van der Waals surface area contributed by atoms with Gasteiger partial charge < -0.3 is 10.5 Å². The first-order chi connectivity index (χ1) is 11.6. The van der Waals surface area contributed by atoms with Crippen molar-refractivity contribution in [1.29, 1.82) is 0 Å². The van der Waals surface area contributed by atoms with Gasteiger partial charge in [-0.1, -0.05) is 58.4 Å². The summed E-state index contributed by atoms with van der Waals surface area (Å²) in [5, 5.41) is 0.